The molecule has 15 heavy (non-hydrogen) atoms. The lowest BCUT2D eigenvalue weighted by Crippen LogP contribution is -2.45. The van der Waals surface area contributed by atoms with Gasteiger partial charge in [-0.25, -0.2) is 0 Å². The molecular formula is C14H29N. The highest BCUT2D eigenvalue weighted by atomic mass is 15.0. The summed E-state index contributed by atoms with van der Waals surface area (Å²) in [5, 5.41) is 3.89. The Morgan fingerprint density at radius 3 is 2.53 bits per heavy atom. The molecule has 90 valence electrons. The highest BCUT2D eigenvalue weighted by Crippen LogP contribution is 2.30. The van der Waals surface area contributed by atoms with Crippen LogP contribution in [-0.4, -0.2) is 12.1 Å². The third-order valence-electron chi connectivity index (χ3n) is 4.29. The van der Waals surface area contributed by atoms with E-state index < -0.39 is 0 Å². The van der Waals surface area contributed by atoms with Gasteiger partial charge in [0.1, 0.15) is 0 Å². The molecule has 4 unspecified atom stereocenters. The summed E-state index contributed by atoms with van der Waals surface area (Å²) in [7, 11) is 0. The van der Waals surface area contributed by atoms with Crippen LogP contribution in [0.5, 0.6) is 0 Å². The lowest BCUT2D eigenvalue weighted by molar-refractivity contribution is 0.189. The molecule has 0 bridgehead atoms. The smallest absolute Gasteiger partial charge is 0.00978 e. The summed E-state index contributed by atoms with van der Waals surface area (Å²) in [4.78, 5) is 0. The minimum absolute atomic E-state index is 0.757. The fourth-order valence-electron chi connectivity index (χ4n) is 2.87. The van der Waals surface area contributed by atoms with Gasteiger partial charge in [0.25, 0.3) is 0 Å². The van der Waals surface area contributed by atoms with Crippen molar-refractivity contribution in [2.75, 3.05) is 0 Å². The Balaban J connectivity index is 2.40. The number of nitrogens with one attached hydrogen (secondary N) is 1. The largest absolute Gasteiger partial charge is 0.311 e. The molecule has 0 radical (unpaired) electrons. The van der Waals surface area contributed by atoms with Crippen molar-refractivity contribution in [2.45, 2.75) is 78.3 Å². The Hall–Kier alpha value is -0.0400. The van der Waals surface area contributed by atoms with Gasteiger partial charge in [-0.3, -0.25) is 0 Å². The maximum Gasteiger partial charge on any atom is 0.00978 e. The Kier molecular flexibility index (Phi) is 5.66. The van der Waals surface area contributed by atoms with E-state index in [1.54, 1.807) is 0 Å². The van der Waals surface area contributed by atoms with E-state index in [9.17, 15) is 0 Å². The van der Waals surface area contributed by atoms with Crippen molar-refractivity contribution in [3.63, 3.8) is 0 Å². The molecule has 1 fully saturated rings. The molecule has 1 nitrogen and oxygen atoms in total. The van der Waals surface area contributed by atoms with Gasteiger partial charge < -0.3 is 5.32 Å². The predicted molar refractivity (Wildman–Crippen MR) is 68.1 cm³/mol. The summed E-state index contributed by atoms with van der Waals surface area (Å²) in [6.45, 7) is 9.45. The van der Waals surface area contributed by atoms with Gasteiger partial charge in [-0.1, -0.05) is 47.0 Å². The zero-order valence-corrected chi connectivity index (χ0v) is 11.1. The van der Waals surface area contributed by atoms with Gasteiger partial charge in [-0.2, -0.15) is 0 Å². The van der Waals surface area contributed by atoms with Crippen LogP contribution in [0.15, 0.2) is 0 Å². The Labute approximate surface area is 96.0 Å². The summed E-state index contributed by atoms with van der Waals surface area (Å²) < 4.78 is 0. The average Bonchev–Trinajstić information content (AvgIpc) is 2.24. The molecule has 0 spiro atoms. The van der Waals surface area contributed by atoms with E-state index in [0.29, 0.717) is 0 Å². The van der Waals surface area contributed by atoms with Crippen LogP contribution < -0.4 is 5.32 Å². The van der Waals surface area contributed by atoms with Crippen LogP contribution in [-0.2, 0) is 0 Å². The lowest BCUT2D eigenvalue weighted by atomic mass is 9.77. The monoisotopic (exact) mass is 211 g/mol. The number of rotatable bonds is 5. The van der Waals surface area contributed by atoms with E-state index in [4.69, 9.17) is 0 Å². The Morgan fingerprint density at radius 2 is 1.93 bits per heavy atom. The van der Waals surface area contributed by atoms with Crippen LogP contribution in [0.2, 0.25) is 0 Å². The minimum atomic E-state index is 0.757. The average molecular weight is 211 g/mol. The van der Waals surface area contributed by atoms with Crippen molar-refractivity contribution in [3.8, 4) is 0 Å². The highest BCUT2D eigenvalue weighted by molar-refractivity contribution is 4.84. The van der Waals surface area contributed by atoms with Crippen molar-refractivity contribution in [1.29, 1.82) is 0 Å². The third-order valence-corrected chi connectivity index (χ3v) is 4.29. The number of hydrogen-bond acceptors (Lipinski definition) is 1. The van der Waals surface area contributed by atoms with E-state index in [2.05, 4.69) is 33.0 Å². The molecule has 4 atom stereocenters. The molecule has 0 saturated heterocycles. The molecule has 0 heterocycles. The van der Waals surface area contributed by atoms with Crippen molar-refractivity contribution >= 4 is 0 Å². The van der Waals surface area contributed by atoms with Crippen molar-refractivity contribution in [2.24, 2.45) is 11.8 Å². The third kappa shape index (κ3) is 3.79. The fraction of sp³-hybridized carbons (Fsp3) is 1.00. The standard InChI is InChI=1S/C14H29N/c1-5-8-13(6-2)15-14-10-7-9-11(3)12(14)4/h11-15H,5-10H2,1-4H3. The van der Waals surface area contributed by atoms with Gasteiger partial charge >= 0.3 is 0 Å². The summed E-state index contributed by atoms with van der Waals surface area (Å²) in [6.07, 6.45) is 8.18. The molecule has 1 aliphatic rings. The van der Waals surface area contributed by atoms with Gasteiger partial charge in [-0.15, -0.1) is 0 Å². The van der Waals surface area contributed by atoms with E-state index in [1.165, 1.54) is 38.5 Å². The molecule has 0 aromatic rings. The molecule has 1 N–H and O–H groups in total. The second-order valence-corrected chi connectivity index (χ2v) is 5.43. The summed E-state index contributed by atoms with van der Waals surface area (Å²) in [5.41, 5.74) is 0. The van der Waals surface area contributed by atoms with Crippen LogP contribution in [0.4, 0.5) is 0 Å². The molecule has 1 saturated carbocycles. The van der Waals surface area contributed by atoms with E-state index in [1.807, 2.05) is 0 Å². The normalized spacial score (nSPS) is 34.0. The first-order valence-corrected chi connectivity index (χ1v) is 6.95. The molecular weight excluding hydrogens is 182 g/mol. The molecule has 1 rings (SSSR count). The van der Waals surface area contributed by atoms with Crippen molar-refractivity contribution in [1.82, 2.24) is 5.32 Å². The van der Waals surface area contributed by atoms with E-state index in [0.717, 1.165) is 23.9 Å². The summed E-state index contributed by atoms with van der Waals surface area (Å²) >= 11 is 0. The second kappa shape index (κ2) is 6.52. The quantitative estimate of drug-likeness (QED) is 0.725. The first-order valence-electron chi connectivity index (χ1n) is 6.95. The van der Waals surface area contributed by atoms with Crippen LogP contribution in [0, 0.1) is 11.8 Å². The van der Waals surface area contributed by atoms with Crippen molar-refractivity contribution in [3.05, 3.63) is 0 Å². The summed E-state index contributed by atoms with van der Waals surface area (Å²) in [5.74, 6) is 1.78. The maximum atomic E-state index is 3.89. The SMILES string of the molecule is CCCC(CC)NC1CCCC(C)C1C. The molecule has 0 amide bonds. The minimum Gasteiger partial charge on any atom is -0.311 e. The molecule has 0 aliphatic heterocycles. The zero-order chi connectivity index (χ0) is 11.3. The second-order valence-electron chi connectivity index (χ2n) is 5.43. The van der Waals surface area contributed by atoms with E-state index in [-0.39, 0.29) is 0 Å². The fourth-order valence-corrected chi connectivity index (χ4v) is 2.87. The van der Waals surface area contributed by atoms with Crippen LogP contribution >= 0.6 is 0 Å². The zero-order valence-electron chi connectivity index (χ0n) is 11.1. The van der Waals surface area contributed by atoms with Gasteiger partial charge in [0.05, 0.1) is 0 Å². The van der Waals surface area contributed by atoms with Crippen LogP contribution in [0.1, 0.15) is 66.2 Å². The summed E-state index contributed by atoms with van der Waals surface area (Å²) in [6, 6.07) is 1.54. The Morgan fingerprint density at radius 1 is 1.20 bits per heavy atom. The Bertz CT molecular complexity index is 167. The molecule has 0 aromatic carbocycles. The molecule has 0 aromatic heterocycles. The highest BCUT2D eigenvalue weighted by Gasteiger charge is 2.27. The lowest BCUT2D eigenvalue weighted by Gasteiger charge is -2.37. The topological polar surface area (TPSA) is 12.0 Å². The molecule has 1 aliphatic carbocycles. The van der Waals surface area contributed by atoms with E-state index >= 15 is 0 Å². The molecule has 1 heteroatoms. The maximum absolute atomic E-state index is 3.89. The number of hydrogen-bond donors (Lipinski definition) is 1. The van der Waals surface area contributed by atoms with Crippen molar-refractivity contribution < 1.29 is 0 Å². The van der Waals surface area contributed by atoms with Crippen LogP contribution in [0.3, 0.4) is 0 Å². The van der Waals surface area contributed by atoms with Gasteiger partial charge in [-0.05, 0) is 31.1 Å². The van der Waals surface area contributed by atoms with Gasteiger partial charge in [0.15, 0.2) is 0 Å². The van der Waals surface area contributed by atoms with Gasteiger partial charge in [0.2, 0.25) is 0 Å². The first kappa shape index (κ1) is 13.0. The van der Waals surface area contributed by atoms with Gasteiger partial charge in [0, 0.05) is 12.1 Å². The first-order chi connectivity index (χ1) is 7.19. The predicted octanol–water partition coefficient (Wildman–Crippen LogP) is 3.98. The van der Waals surface area contributed by atoms with Crippen LogP contribution in [0.25, 0.3) is 0 Å².